The number of benzene rings is 2. The maximum atomic E-state index is 13.7. The van der Waals surface area contributed by atoms with E-state index in [4.69, 9.17) is 0 Å². The summed E-state index contributed by atoms with van der Waals surface area (Å²) >= 11 is 0. The van der Waals surface area contributed by atoms with E-state index in [1.807, 2.05) is 54.1 Å². The third kappa shape index (κ3) is 6.16. The number of hydrogen-bond donors (Lipinski definition) is 1. The van der Waals surface area contributed by atoms with Crippen molar-refractivity contribution in [3.8, 4) is 17.1 Å². The van der Waals surface area contributed by atoms with Crippen LogP contribution in [0.15, 0.2) is 54.7 Å². The van der Waals surface area contributed by atoms with E-state index in [9.17, 15) is 23.1 Å². The molecule has 0 spiro atoms. The van der Waals surface area contributed by atoms with Gasteiger partial charge in [-0.05, 0) is 41.5 Å². The molecule has 9 nitrogen and oxygen atoms in total. The number of aromatic amines is 1. The number of tetrazole rings is 1. The molecule has 0 aliphatic heterocycles. The van der Waals surface area contributed by atoms with Crippen LogP contribution in [-0.4, -0.2) is 40.7 Å². The fourth-order valence-corrected chi connectivity index (χ4v) is 4.50. The molecule has 2 aromatic carbocycles. The molecule has 1 N–H and O–H groups in total. The Morgan fingerprint density at radius 2 is 1.85 bits per heavy atom. The van der Waals surface area contributed by atoms with Crippen LogP contribution >= 0.6 is 0 Å². The van der Waals surface area contributed by atoms with Crippen molar-refractivity contribution < 1.29 is 82.2 Å². The number of carboxylic acid groups (broad SMARTS) is 1. The van der Waals surface area contributed by atoms with Gasteiger partial charge in [-0.3, -0.25) is 0 Å². The number of hydrogen-bond acceptors (Lipinski definition) is 6. The van der Waals surface area contributed by atoms with Crippen LogP contribution in [0.5, 0.6) is 0 Å². The predicted molar refractivity (Wildman–Crippen MR) is 126 cm³/mol. The summed E-state index contributed by atoms with van der Waals surface area (Å²) in [6.45, 7) is 1.78. The van der Waals surface area contributed by atoms with Gasteiger partial charge in [0.25, 0.3) is 0 Å². The SMILES string of the molecule is CCCCc1nc(C(F)(F)F)c(C(=O)[O-])n1Cc1cccc2c1ccn2-c1ccccc1-c1nn[nH]n1.[Na+].[Na+]. The number of fused-ring (bicyclic) bond motifs is 1. The van der Waals surface area contributed by atoms with Gasteiger partial charge in [0.05, 0.1) is 29.4 Å². The molecule has 0 atom stereocenters. The van der Waals surface area contributed by atoms with Gasteiger partial charge >= 0.3 is 65.3 Å². The van der Waals surface area contributed by atoms with Crippen molar-refractivity contribution in [2.75, 3.05) is 0 Å². The third-order valence-electron chi connectivity index (χ3n) is 6.16. The van der Waals surface area contributed by atoms with Crippen LogP contribution in [0.2, 0.25) is 0 Å². The predicted octanol–water partition coefficient (Wildman–Crippen LogP) is -2.21. The first-order chi connectivity index (χ1) is 17.8. The van der Waals surface area contributed by atoms with Crippen LogP contribution in [0.3, 0.4) is 0 Å². The molecule has 0 bridgehead atoms. The molecule has 0 amide bonds. The largest absolute Gasteiger partial charge is 1.00 e. The minimum Gasteiger partial charge on any atom is -0.543 e. The number of nitrogens with one attached hydrogen (secondary N) is 1. The zero-order chi connectivity index (χ0) is 26.2. The molecule has 3 aromatic heterocycles. The smallest absolute Gasteiger partial charge is 0.543 e. The van der Waals surface area contributed by atoms with Crippen LogP contribution in [0.1, 0.15) is 47.3 Å². The van der Waals surface area contributed by atoms with Gasteiger partial charge in [-0.15, -0.1) is 10.2 Å². The Kier molecular flexibility index (Phi) is 10.2. The van der Waals surface area contributed by atoms with Gasteiger partial charge in [0, 0.05) is 23.6 Å². The van der Waals surface area contributed by atoms with Crippen molar-refractivity contribution in [2.45, 2.75) is 38.9 Å². The second-order valence-corrected chi connectivity index (χ2v) is 8.49. The molecule has 0 radical (unpaired) electrons. The van der Waals surface area contributed by atoms with Crippen molar-refractivity contribution >= 4 is 16.9 Å². The van der Waals surface area contributed by atoms with Gasteiger partial charge in [-0.2, -0.15) is 18.4 Å². The summed E-state index contributed by atoms with van der Waals surface area (Å²) in [5, 5.41) is 26.8. The van der Waals surface area contributed by atoms with Gasteiger partial charge in [0.1, 0.15) is 5.82 Å². The minimum atomic E-state index is -4.92. The van der Waals surface area contributed by atoms with Crippen molar-refractivity contribution in [1.82, 2.24) is 34.7 Å². The molecular weight excluding hydrogens is 533 g/mol. The third-order valence-corrected chi connectivity index (χ3v) is 6.16. The Balaban J connectivity index is 0.00000210. The Morgan fingerprint density at radius 1 is 1.08 bits per heavy atom. The van der Waals surface area contributed by atoms with E-state index in [2.05, 4.69) is 25.6 Å². The molecule has 3 heterocycles. The van der Waals surface area contributed by atoms with E-state index >= 15 is 0 Å². The summed E-state index contributed by atoms with van der Waals surface area (Å²) in [6, 6.07) is 14.7. The van der Waals surface area contributed by atoms with E-state index in [-0.39, 0.29) is 77.9 Å². The second-order valence-electron chi connectivity index (χ2n) is 8.49. The summed E-state index contributed by atoms with van der Waals surface area (Å²) in [4.78, 5) is 15.6. The molecular formula is C25H21F3N7Na2O2+. The molecule has 0 saturated carbocycles. The number of carbonyl (C=O) groups excluding carboxylic acids is 1. The van der Waals surface area contributed by atoms with Crippen LogP contribution in [0, 0.1) is 0 Å². The summed E-state index contributed by atoms with van der Waals surface area (Å²) in [5.41, 5.74) is 0.519. The molecule has 14 heteroatoms. The van der Waals surface area contributed by atoms with Crippen LogP contribution in [0.4, 0.5) is 13.2 Å². The number of carboxylic acids is 1. The molecule has 39 heavy (non-hydrogen) atoms. The number of alkyl halides is 3. The number of imidazole rings is 1. The molecule has 5 rings (SSSR count). The molecule has 0 aliphatic carbocycles. The number of unbranched alkanes of at least 4 members (excludes halogenated alkanes) is 1. The van der Waals surface area contributed by atoms with Gasteiger partial charge in [-0.1, -0.05) is 37.6 Å². The van der Waals surface area contributed by atoms with Crippen LogP contribution in [-0.2, 0) is 19.1 Å². The normalized spacial score (nSPS) is 11.3. The van der Waals surface area contributed by atoms with E-state index in [0.717, 1.165) is 26.7 Å². The van der Waals surface area contributed by atoms with Crippen molar-refractivity contribution in [3.05, 3.63) is 77.5 Å². The fraction of sp³-hybridized carbons (Fsp3) is 0.240. The molecule has 5 aromatic rings. The van der Waals surface area contributed by atoms with E-state index < -0.39 is 23.5 Å². The van der Waals surface area contributed by atoms with E-state index in [1.165, 1.54) is 0 Å². The monoisotopic (exact) mass is 554 g/mol. The summed E-state index contributed by atoms with van der Waals surface area (Å²) in [6.07, 6.45) is -1.60. The van der Waals surface area contributed by atoms with Gasteiger partial charge in [-0.25, -0.2) is 4.98 Å². The summed E-state index contributed by atoms with van der Waals surface area (Å²) in [5.74, 6) is -1.44. The van der Waals surface area contributed by atoms with Gasteiger partial charge in [0.2, 0.25) is 5.82 Å². The number of H-pyrrole nitrogens is 1. The topological polar surface area (TPSA) is 117 Å². The van der Waals surface area contributed by atoms with Crippen LogP contribution in [0.25, 0.3) is 28.0 Å². The Labute approximate surface area is 265 Å². The Morgan fingerprint density at radius 3 is 2.51 bits per heavy atom. The average Bonchev–Trinajstić information content (AvgIpc) is 3.61. The van der Waals surface area contributed by atoms with Crippen LogP contribution < -0.4 is 64.2 Å². The first kappa shape index (κ1) is 31.1. The van der Waals surface area contributed by atoms with Crippen molar-refractivity contribution in [2.24, 2.45) is 0 Å². The number of nitrogens with zero attached hydrogens (tertiary/aromatic N) is 6. The number of rotatable bonds is 8. The number of para-hydroxylation sites is 1. The zero-order valence-corrected chi connectivity index (χ0v) is 25.7. The Bertz CT molecular complexity index is 1580. The quantitative estimate of drug-likeness (QED) is 0.218. The van der Waals surface area contributed by atoms with E-state index in [0.29, 0.717) is 24.2 Å². The molecule has 190 valence electrons. The molecule has 0 unspecified atom stereocenters. The summed E-state index contributed by atoms with van der Waals surface area (Å²) in [7, 11) is 0. The number of aryl methyl sites for hydroxylation is 1. The number of aromatic carboxylic acids is 1. The molecule has 0 fully saturated rings. The van der Waals surface area contributed by atoms with Gasteiger partial charge < -0.3 is 19.0 Å². The number of aromatic nitrogens is 7. The standard InChI is InChI=1S/C25H22F3N7O2.2Na/c1-2-3-11-20-29-22(25(26,27)28)21(24(36)37)35(20)14-15-7-6-10-18-16(15)12-13-34(18)19-9-5-4-8-17(19)23-30-32-33-31-23;;/h4-10,12-13H,2-3,11,14H2,1H3,(H,36,37)(H,30,31,32,33);;/q;2*+1/p-1. The molecule has 0 saturated heterocycles. The maximum absolute atomic E-state index is 13.7. The zero-order valence-electron chi connectivity index (χ0n) is 21.7. The Hall–Kier alpha value is -2.48. The van der Waals surface area contributed by atoms with Crippen molar-refractivity contribution in [1.29, 1.82) is 0 Å². The maximum Gasteiger partial charge on any atom is 1.00 e. The van der Waals surface area contributed by atoms with Crippen molar-refractivity contribution in [3.63, 3.8) is 0 Å². The fourth-order valence-electron chi connectivity index (χ4n) is 4.50. The minimum absolute atomic E-state index is 0. The first-order valence-corrected chi connectivity index (χ1v) is 11.6. The van der Waals surface area contributed by atoms with E-state index in [1.54, 1.807) is 12.1 Å². The number of carbonyl (C=O) groups is 1. The summed E-state index contributed by atoms with van der Waals surface area (Å²) < 4.78 is 44.1. The average molecular weight is 554 g/mol. The number of halogens is 3. The van der Waals surface area contributed by atoms with Gasteiger partial charge in [0.15, 0.2) is 5.69 Å². The second kappa shape index (κ2) is 12.8. The molecule has 0 aliphatic rings. The first-order valence-electron chi connectivity index (χ1n) is 11.6.